The Morgan fingerprint density at radius 3 is 2.93 bits per heavy atom. The molecule has 0 atom stereocenters. The molecule has 0 aromatic carbocycles. The van der Waals surface area contributed by atoms with Crippen molar-refractivity contribution >= 4 is 34.2 Å². The Hall–Kier alpha value is -0.920. The minimum Gasteiger partial charge on any atom is -0.321 e. The number of hydrogen-bond acceptors (Lipinski definition) is 3. The second-order valence-corrected chi connectivity index (χ2v) is 3.57. The maximum atomic E-state index is 11.5. The first-order valence-electron chi connectivity index (χ1n) is 3.95. The SMILES string of the molecule is Cc1cc(NC(=O)CI)c(=O)n(C)n1. The molecule has 5 nitrogen and oxygen atoms in total. The summed E-state index contributed by atoms with van der Waals surface area (Å²) in [6.45, 7) is 1.76. The average Bonchev–Trinajstić information content (AvgIpc) is 2.13. The van der Waals surface area contributed by atoms with E-state index in [0.29, 0.717) is 10.1 Å². The van der Waals surface area contributed by atoms with Gasteiger partial charge in [0, 0.05) is 7.05 Å². The summed E-state index contributed by atoms with van der Waals surface area (Å²) in [5.74, 6) is -0.187. The predicted octanol–water partition coefficient (Wildman–Crippen LogP) is 0.462. The van der Waals surface area contributed by atoms with Crippen molar-refractivity contribution in [3.05, 3.63) is 22.1 Å². The van der Waals surface area contributed by atoms with Crippen LogP contribution < -0.4 is 10.9 Å². The lowest BCUT2D eigenvalue weighted by atomic mass is 10.3. The highest BCUT2D eigenvalue weighted by Gasteiger charge is 2.06. The molecule has 1 aromatic heterocycles. The molecule has 0 aliphatic carbocycles. The van der Waals surface area contributed by atoms with Gasteiger partial charge in [0.05, 0.1) is 10.1 Å². The lowest BCUT2D eigenvalue weighted by molar-refractivity contribution is -0.113. The molecule has 1 amide bonds. The Morgan fingerprint density at radius 1 is 1.71 bits per heavy atom. The van der Waals surface area contributed by atoms with Crippen molar-refractivity contribution in [2.45, 2.75) is 6.92 Å². The maximum Gasteiger partial charge on any atom is 0.290 e. The number of halogens is 1. The number of hydrogen-bond donors (Lipinski definition) is 1. The largest absolute Gasteiger partial charge is 0.321 e. The van der Waals surface area contributed by atoms with Crippen LogP contribution in [0.1, 0.15) is 5.69 Å². The highest BCUT2D eigenvalue weighted by atomic mass is 127. The fourth-order valence-corrected chi connectivity index (χ4v) is 1.22. The lowest BCUT2D eigenvalue weighted by Gasteiger charge is -2.05. The summed E-state index contributed by atoms with van der Waals surface area (Å²) >= 11 is 1.93. The van der Waals surface area contributed by atoms with Gasteiger partial charge in [-0.25, -0.2) is 4.68 Å². The third-order valence-corrected chi connectivity index (χ3v) is 2.27. The molecule has 1 heterocycles. The van der Waals surface area contributed by atoms with E-state index in [4.69, 9.17) is 0 Å². The monoisotopic (exact) mass is 307 g/mol. The topological polar surface area (TPSA) is 64.0 Å². The predicted molar refractivity (Wildman–Crippen MR) is 61.7 cm³/mol. The van der Waals surface area contributed by atoms with Crippen LogP contribution >= 0.6 is 22.6 Å². The van der Waals surface area contributed by atoms with Gasteiger partial charge in [0.25, 0.3) is 5.56 Å². The number of rotatable bonds is 2. The normalized spacial score (nSPS) is 9.93. The van der Waals surface area contributed by atoms with Crippen molar-refractivity contribution in [2.75, 3.05) is 9.74 Å². The second-order valence-electron chi connectivity index (χ2n) is 2.81. The Labute approximate surface area is 94.6 Å². The molecule has 1 aromatic rings. The first kappa shape index (κ1) is 11.2. The molecule has 6 heteroatoms. The molecule has 0 spiro atoms. The van der Waals surface area contributed by atoms with Gasteiger partial charge in [-0.3, -0.25) is 9.59 Å². The van der Waals surface area contributed by atoms with E-state index in [-0.39, 0.29) is 17.2 Å². The van der Waals surface area contributed by atoms with Crippen LogP contribution in [0.15, 0.2) is 10.9 Å². The third-order valence-electron chi connectivity index (χ3n) is 1.58. The van der Waals surface area contributed by atoms with E-state index < -0.39 is 0 Å². The number of amides is 1. The summed E-state index contributed by atoms with van der Waals surface area (Å²) in [5, 5.41) is 6.44. The fraction of sp³-hybridized carbons (Fsp3) is 0.375. The zero-order valence-electron chi connectivity index (χ0n) is 7.87. The van der Waals surface area contributed by atoms with E-state index in [2.05, 4.69) is 10.4 Å². The molecule has 1 N–H and O–H groups in total. The molecule has 0 unspecified atom stereocenters. The molecule has 0 radical (unpaired) electrons. The standard InChI is InChI=1S/C8H10IN3O2/c1-5-3-6(10-7(13)4-9)8(14)12(2)11-5/h3H,4H2,1-2H3,(H,10,13). The number of aryl methyl sites for hydroxylation is 2. The number of anilines is 1. The van der Waals surface area contributed by atoms with Crippen LogP contribution in [0.4, 0.5) is 5.69 Å². The van der Waals surface area contributed by atoms with E-state index >= 15 is 0 Å². The minimum absolute atomic E-state index is 0.187. The van der Waals surface area contributed by atoms with E-state index in [1.165, 1.54) is 4.68 Å². The number of aromatic nitrogens is 2. The van der Waals surface area contributed by atoms with Crippen molar-refractivity contribution in [1.82, 2.24) is 9.78 Å². The third kappa shape index (κ3) is 2.53. The molecule has 0 saturated carbocycles. The van der Waals surface area contributed by atoms with Crippen molar-refractivity contribution in [3.63, 3.8) is 0 Å². The number of alkyl halides is 1. The van der Waals surface area contributed by atoms with Gasteiger partial charge in [0.1, 0.15) is 5.69 Å². The van der Waals surface area contributed by atoms with Gasteiger partial charge in [-0.15, -0.1) is 0 Å². The first-order chi connectivity index (χ1) is 6.54. The van der Waals surface area contributed by atoms with Crippen molar-refractivity contribution < 1.29 is 4.79 Å². The summed E-state index contributed by atoms with van der Waals surface area (Å²) in [4.78, 5) is 22.5. The highest BCUT2D eigenvalue weighted by Crippen LogP contribution is 2.01. The van der Waals surface area contributed by atoms with E-state index in [1.807, 2.05) is 22.6 Å². The van der Waals surface area contributed by atoms with Crippen LogP contribution in [0.2, 0.25) is 0 Å². The van der Waals surface area contributed by atoms with Crippen molar-refractivity contribution in [2.24, 2.45) is 7.05 Å². The number of nitrogens with zero attached hydrogens (tertiary/aromatic N) is 2. The summed E-state index contributed by atoms with van der Waals surface area (Å²) in [7, 11) is 1.55. The van der Waals surface area contributed by atoms with Gasteiger partial charge in [0.15, 0.2) is 0 Å². The zero-order valence-corrected chi connectivity index (χ0v) is 10.0. The number of nitrogens with one attached hydrogen (secondary N) is 1. The van der Waals surface area contributed by atoms with Gasteiger partial charge < -0.3 is 5.32 Å². The maximum absolute atomic E-state index is 11.5. The summed E-state index contributed by atoms with van der Waals surface area (Å²) in [5.41, 5.74) is 0.673. The smallest absolute Gasteiger partial charge is 0.290 e. The molecule has 0 bridgehead atoms. The van der Waals surface area contributed by atoms with E-state index in [1.54, 1.807) is 20.0 Å². The lowest BCUT2D eigenvalue weighted by Crippen LogP contribution is -2.26. The summed E-state index contributed by atoms with van der Waals surface area (Å²) < 4.78 is 1.53. The van der Waals surface area contributed by atoms with Crippen LogP contribution in [0.25, 0.3) is 0 Å². The molecule has 0 aliphatic heterocycles. The Bertz CT molecular complexity index is 414. The van der Waals surface area contributed by atoms with Crippen LogP contribution in [-0.4, -0.2) is 20.1 Å². The van der Waals surface area contributed by atoms with E-state index in [9.17, 15) is 9.59 Å². The Kier molecular flexibility index (Phi) is 3.62. The Balaban J connectivity index is 3.09. The molecule has 0 aliphatic rings. The first-order valence-corrected chi connectivity index (χ1v) is 5.48. The molecule has 0 saturated heterocycles. The van der Waals surface area contributed by atoms with Gasteiger partial charge in [-0.1, -0.05) is 22.6 Å². The zero-order chi connectivity index (χ0) is 10.7. The van der Waals surface area contributed by atoms with Crippen molar-refractivity contribution in [1.29, 1.82) is 0 Å². The molecule has 14 heavy (non-hydrogen) atoms. The van der Waals surface area contributed by atoms with Gasteiger partial charge in [-0.05, 0) is 13.0 Å². The molecule has 0 fully saturated rings. The fourth-order valence-electron chi connectivity index (χ4n) is 1.03. The average molecular weight is 307 g/mol. The number of carbonyl (C=O) groups excluding carboxylic acids is 1. The highest BCUT2D eigenvalue weighted by molar-refractivity contribution is 14.1. The van der Waals surface area contributed by atoms with Crippen molar-refractivity contribution in [3.8, 4) is 0 Å². The van der Waals surface area contributed by atoms with Crippen LogP contribution in [0.5, 0.6) is 0 Å². The van der Waals surface area contributed by atoms with Gasteiger partial charge in [0.2, 0.25) is 5.91 Å². The van der Waals surface area contributed by atoms with Crippen LogP contribution in [-0.2, 0) is 11.8 Å². The summed E-state index contributed by atoms with van der Waals surface area (Å²) in [6.07, 6.45) is 0. The molecule has 1 rings (SSSR count). The van der Waals surface area contributed by atoms with E-state index in [0.717, 1.165) is 0 Å². The number of carbonyl (C=O) groups is 1. The molecular formula is C8H10IN3O2. The quantitative estimate of drug-likeness (QED) is 0.638. The molecule has 76 valence electrons. The van der Waals surface area contributed by atoms with Crippen LogP contribution in [0.3, 0.4) is 0 Å². The molecular weight excluding hydrogens is 297 g/mol. The Morgan fingerprint density at radius 2 is 2.36 bits per heavy atom. The summed E-state index contributed by atoms with van der Waals surface area (Å²) in [6, 6.07) is 1.56. The minimum atomic E-state index is -0.297. The van der Waals surface area contributed by atoms with Gasteiger partial charge >= 0.3 is 0 Å². The van der Waals surface area contributed by atoms with Crippen LogP contribution in [0, 0.1) is 6.92 Å². The van der Waals surface area contributed by atoms with Gasteiger partial charge in [-0.2, -0.15) is 5.10 Å². The second kappa shape index (κ2) is 4.54.